The molecule has 0 radical (unpaired) electrons. The SMILES string of the molecule is Cc1ccc2c(c1)NC(=S)Cc1cnc(Nc3cc4c(nc3C)CCN(C)C4)nc1-2.Cc1nc(CC2CCNCC2)ccc1Nc1ncc2c(n1)-c1ccc(Cl)cc1NC(=S)C2.Cc1nc(N2CCOCC2)ccc1Nc1ncc2c(n1)-c1cc(CCCN(C)C)c(Cl)cc1NC(=S)C2.Cc1ncc(C2CCN(CCF)CC2)cc1Nc1ncc2c(n1)-c1ccc(Cl)cc1NC(=S)C2. The molecule has 20 rings (SSSR count). The average Bonchev–Trinajstić information content (AvgIpc) is 1.70. The number of rotatable bonds is 18. The van der Waals surface area contributed by atoms with Crippen molar-refractivity contribution in [3.8, 4) is 45.0 Å². The molecule has 133 heavy (non-hydrogen) atoms. The molecule has 12 aromatic rings. The molecule has 686 valence electrons. The van der Waals surface area contributed by atoms with Crippen LogP contribution in [-0.4, -0.2) is 194 Å². The van der Waals surface area contributed by atoms with E-state index in [0.29, 0.717) is 82.9 Å². The number of thiocarbonyl (C=S) groups is 4. The fraction of sp³-hybridized carbons (Fsp3) is 0.354. The molecule has 26 nitrogen and oxygen atoms in total. The molecule has 0 aliphatic carbocycles. The zero-order chi connectivity index (χ0) is 92.5. The molecule has 0 atom stereocenters. The van der Waals surface area contributed by atoms with Gasteiger partial charge in [-0.3, -0.25) is 15.0 Å². The summed E-state index contributed by atoms with van der Waals surface area (Å²) in [6, 6.07) is 34.4. The Kier molecular flexibility index (Phi) is 30.1. The number of hydrogen-bond acceptors (Lipinski definition) is 26. The van der Waals surface area contributed by atoms with Gasteiger partial charge in [0.15, 0.2) is 0 Å². The van der Waals surface area contributed by atoms with Gasteiger partial charge in [0.05, 0.1) is 101 Å². The van der Waals surface area contributed by atoms with Gasteiger partial charge in [-0.25, -0.2) is 49.2 Å². The summed E-state index contributed by atoms with van der Waals surface area (Å²) in [4.78, 5) is 68.8. The Morgan fingerprint density at radius 3 is 1.52 bits per heavy atom. The third kappa shape index (κ3) is 23.3. The average molecular weight is 1920 g/mol. The number of likely N-dealkylation sites (N-methyl/N-ethyl adjacent to an activating group) is 1. The van der Waals surface area contributed by atoms with Crippen molar-refractivity contribution < 1.29 is 9.13 Å². The molecule has 0 bridgehead atoms. The van der Waals surface area contributed by atoms with Crippen LogP contribution in [0.25, 0.3) is 45.0 Å². The Morgan fingerprint density at radius 2 is 0.985 bits per heavy atom. The minimum absolute atomic E-state index is 0.287. The van der Waals surface area contributed by atoms with Gasteiger partial charge in [-0.2, -0.15) is 0 Å². The van der Waals surface area contributed by atoms with Crippen molar-refractivity contribution in [1.82, 2.24) is 79.8 Å². The van der Waals surface area contributed by atoms with E-state index in [1.54, 1.807) is 0 Å². The van der Waals surface area contributed by atoms with Gasteiger partial charge < -0.3 is 72.2 Å². The first-order chi connectivity index (χ1) is 64.4. The van der Waals surface area contributed by atoms with Gasteiger partial charge in [-0.1, -0.05) is 95.8 Å². The quantitative estimate of drug-likeness (QED) is 0.0361. The highest BCUT2D eigenvalue weighted by molar-refractivity contribution is 7.81. The first-order valence-corrected chi connectivity index (χ1v) is 47.9. The van der Waals surface area contributed by atoms with Crippen LogP contribution in [0.2, 0.25) is 15.1 Å². The van der Waals surface area contributed by atoms with Crippen molar-refractivity contribution in [1.29, 1.82) is 0 Å². The second-order valence-corrected chi connectivity index (χ2v) is 38.4. The zero-order valence-electron chi connectivity index (χ0n) is 75.7. The maximum Gasteiger partial charge on any atom is 0.227 e. The molecule has 0 unspecified atom stereocenters. The Bertz CT molecular complexity index is 6410. The van der Waals surface area contributed by atoms with Crippen molar-refractivity contribution in [2.75, 3.05) is 147 Å². The fourth-order valence-electron chi connectivity index (χ4n) is 17.8. The number of nitrogens with one attached hydrogen (secondary N) is 9. The van der Waals surface area contributed by atoms with Crippen molar-refractivity contribution in [2.45, 2.75) is 124 Å². The van der Waals surface area contributed by atoms with Crippen molar-refractivity contribution in [3.05, 3.63) is 228 Å². The van der Waals surface area contributed by atoms with E-state index < -0.39 is 0 Å². The molecule has 0 spiro atoms. The van der Waals surface area contributed by atoms with Crippen LogP contribution in [0, 0.1) is 40.5 Å². The predicted octanol–water partition coefficient (Wildman–Crippen LogP) is 19.8. The molecule has 8 aliphatic rings. The number of hydrogen-bond donors (Lipinski definition) is 9. The van der Waals surface area contributed by atoms with E-state index in [4.69, 9.17) is 123 Å². The van der Waals surface area contributed by atoms with Crippen molar-refractivity contribution in [2.24, 2.45) is 5.92 Å². The maximum atomic E-state index is 12.7. The number of alkyl halides is 1. The number of aromatic nitrogens is 12. The lowest BCUT2D eigenvalue weighted by Gasteiger charge is -2.31. The van der Waals surface area contributed by atoms with Crippen LogP contribution in [0.1, 0.15) is 117 Å². The monoisotopic (exact) mass is 1910 g/mol. The summed E-state index contributed by atoms with van der Waals surface area (Å²) >= 11 is 41.1. The summed E-state index contributed by atoms with van der Waals surface area (Å²) in [6.45, 7) is 20.5. The zero-order valence-corrected chi connectivity index (χ0v) is 81.3. The van der Waals surface area contributed by atoms with Crippen LogP contribution in [-0.2, 0) is 56.2 Å². The Labute approximate surface area is 812 Å². The number of piperidine rings is 2. The smallest absolute Gasteiger partial charge is 0.227 e. The maximum absolute atomic E-state index is 12.7. The van der Waals surface area contributed by atoms with E-state index in [1.807, 2.05) is 113 Å². The van der Waals surface area contributed by atoms with E-state index in [2.05, 4.69) is 169 Å². The number of pyridine rings is 4. The van der Waals surface area contributed by atoms with Crippen LogP contribution in [0.4, 0.5) is 79.5 Å². The molecule has 4 aromatic carbocycles. The summed E-state index contributed by atoms with van der Waals surface area (Å²) in [6.07, 6.45) is 20.1. The van der Waals surface area contributed by atoms with E-state index in [-0.39, 0.29) is 6.67 Å². The van der Waals surface area contributed by atoms with Crippen molar-refractivity contribution >= 4 is 179 Å². The summed E-state index contributed by atoms with van der Waals surface area (Å²) in [5.41, 5.74) is 29.4. The lowest BCUT2D eigenvalue weighted by atomic mass is 9.90. The minimum atomic E-state index is -0.287. The lowest BCUT2D eigenvalue weighted by Crippen LogP contribution is -2.36. The highest BCUT2D eigenvalue weighted by atomic mass is 35.5. The largest absolute Gasteiger partial charge is 0.378 e. The van der Waals surface area contributed by atoms with Gasteiger partial charge in [0, 0.05) is 190 Å². The highest BCUT2D eigenvalue weighted by Crippen LogP contribution is 2.43. The lowest BCUT2D eigenvalue weighted by molar-refractivity contribution is 0.122. The van der Waals surface area contributed by atoms with Gasteiger partial charge in [0.1, 0.15) is 12.5 Å². The van der Waals surface area contributed by atoms with Crippen LogP contribution in [0.3, 0.4) is 0 Å². The van der Waals surface area contributed by atoms with E-state index in [9.17, 15) is 4.39 Å². The van der Waals surface area contributed by atoms with Crippen LogP contribution in [0.5, 0.6) is 0 Å². The van der Waals surface area contributed by atoms with Gasteiger partial charge in [0.2, 0.25) is 23.8 Å². The summed E-state index contributed by atoms with van der Waals surface area (Å²) < 4.78 is 18.1. The number of morpholine rings is 1. The first-order valence-electron chi connectivity index (χ1n) is 45.2. The molecule has 0 amide bonds. The second-order valence-electron chi connectivity index (χ2n) is 35.2. The molecular formula is C99H107Cl3FN25OS4. The molecule has 9 N–H and O–H groups in total. The van der Waals surface area contributed by atoms with Crippen molar-refractivity contribution in [3.63, 3.8) is 0 Å². The third-order valence-corrected chi connectivity index (χ3v) is 26.8. The fourth-order valence-corrected chi connectivity index (χ4v) is 19.5. The summed E-state index contributed by atoms with van der Waals surface area (Å²) in [5.74, 6) is 4.22. The number of nitrogens with zero attached hydrogens (tertiary/aromatic N) is 16. The predicted molar refractivity (Wildman–Crippen MR) is 552 cm³/mol. The van der Waals surface area contributed by atoms with Crippen LogP contribution < -0.4 is 52.8 Å². The third-order valence-electron chi connectivity index (χ3n) is 25.0. The van der Waals surface area contributed by atoms with Crippen LogP contribution >= 0.6 is 83.7 Å². The summed E-state index contributed by atoms with van der Waals surface area (Å²) in [7, 11) is 6.31. The second kappa shape index (κ2) is 42.7. The highest BCUT2D eigenvalue weighted by Gasteiger charge is 2.30. The molecule has 3 fully saturated rings. The standard InChI is InChI=1S/C27H32ClN7OS.C25H26ClFN6S.C24H25ClN6S.C23H24N6S/c1-17-22(6-7-24(30-17)35-9-11-36-12-10-35)32-27-29-16-19-14-25(37)31-23-15-21(28)18(5-4-8-34(2)3)13-20(23)26(19)33-27;1-15-21(10-17(13-28-15)16-4-7-33(8-5-16)9-6-27)31-25-29-14-18-11-23(34)30-22-12-19(26)2-3-20(22)24(18)32-25;1-14-20(5-3-18(28-14)10-15-6-8-26-9-7-15)30-24-27-13-16-11-22(32)29-21-12-17(25)2-4-19(21)23(16)31-24;1-13-4-5-17-20(8-13)26-21(30)10-15-11-24-23(28-22(15)17)27-19-9-16-12-29(3)7-6-18(16)25-14(19)2/h6-7,13,15-16H,4-5,8-12,14H2,1-3H3,(H,31,37)(H,29,32,33);2-3,10,12-14,16H,4-9,11H2,1H3,(H,30,34)(H,29,31,32);2-5,12-13,15,26H,6-11H2,1H3,(H,29,32)(H,27,30,31);4-5,8-9,11H,6-7,10,12H2,1-3H3,(H,26,30)(H,24,27,28). The molecule has 3 saturated heterocycles. The molecule has 0 saturated carbocycles. The van der Waals surface area contributed by atoms with Gasteiger partial charge in [0.25, 0.3) is 0 Å². The number of likely N-dealkylation sites (tertiary alicyclic amines) is 1. The van der Waals surface area contributed by atoms with Gasteiger partial charge >= 0.3 is 0 Å². The Morgan fingerprint density at radius 1 is 0.489 bits per heavy atom. The number of aryl methyl sites for hydroxylation is 6. The number of fused-ring (bicyclic) bond motifs is 13. The first kappa shape index (κ1) is 93.8. The molecular weight excluding hydrogens is 1810 g/mol. The minimum Gasteiger partial charge on any atom is -0.378 e. The van der Waals surface area contributed by atoms with E-state index >= 15 is 0 Å². The van der Waals surface area contributed by atoms with E-state index in [1.165, 1.54) is 35.2 Å². The summed E-state index contributed by atoms with van der Waals surface area (Å²) in [5, 5.41) is 32.2. The normalized spacial score (nSPS) is 15.8. The number of anilines is 13. The number of benzene rings is 4. The van der Waals surface area contributed by atoms with Gasteiger partial charge in [-0.05, 0) is 259 Å². The molecule has 8 aromatic heterocycles. The Hall–Kier alpha value is -11.0. The number of ether oxygens (including phenoxy) is 1. The van der Waals surface area contributed by atoms with Gasteiger partial charge in [-0.15, -0.1) is 0 Å². The molecule has 16 heterocycles. The molecule has 8 aliphatic heterocycles. The Balaban J connectivity index is 0.000000124. The number of halogens is 4. The van der Waals surface area contributed by atoms with Crippen LogP contribution in [0.15, 0.2) is 134 Å². The topological polar surface area (TPSA) is 285 Å². The van der Waals surface area contributed by atoms with E-state index in [0.717, 1.165) is 283 Å². The molecule has 34 heteroatoms.